The van der Waals surface area contributed by atoms with E-state index in [4.69, 9.17) is 10.5 Å². The largest absolute Gasteiger partial charge is 0.459 e. The first-order valence-electron chi connectivity index (χ1n) is 2.12. The second-order valence-corrected chi connectivity index (χ2v) is 1.16. The smallest absolute Gasteiger partial charge is 0.253 e. The van der Waals surface area contributed by atoms with E-state index in [0.717, 1.165) is 6.34 Å². The van der Waals surface area contributed by atoms with E-state index >= 15 is 0 Å². The van der Waals surface area contributed by atoms with Crippen LogP contribution < -0.4 is 5.73 Å². The van der Waals surface area contributed by atoms with Crippen molar-refractivity contribution >= 4 is 6.34 Å². The van der Waals surface area contributed by atoms with Gasteiger partial charge in [0.05, 0.1) is 6.34 Å². The summed E-state index contributed by atoms with van der Waals surface area (Å²) in [5.74, 6) is 0.424. The van der Waals surface area contributed by atoms with Gasteiger partial charge in [0.15, 0.2) is 0 Å². The van der Waals surface area contributed by atoms with Crippen LogP contribution in [-0.2, 0) is 9.47 Å². The van der Waals surface area contributed by atoms with Gasteiger partial charge in [-0.25, -0.2) is 4.99 Å². The minimum atomic E-state index is 0.243. The van der Waals surface area contributed by atoms with Crippen LogP contribution in [0.3, 0.4) is 0 Å². The van der Waals surface area contributed by atoms with E-state index in [1.54, 1.807) is 0 Å². The minimum absolute atomic E-state index is 0.243. The number of aliphatic imine (C=N–C) groups is 1. The lowest BCUT2D eigenvalue weighted by Gasteiger charge is -1.88. The van der Waals surface area contributed by atoms with Crippen molar-refractivity contribution in [1.82, 2.24) is 0 Å². The molecule has 8 heavy (non-hydrogen) atoms. The zero-order chi connectivity index (χ0) is 5.82. The van der Waals surface area contributed by atoms with Crippen molar-refractivity contribution in [2.24, 2.45) is 10.7 Å². The third kappa shape index (κ3) is 0.900. The van der Waals surface area contributed by atoms with Crippen LogP contribution in [0.2, 0.25) is 0 Å². The standard InChI is InChI=1S/C4H6N2O2/c5-2-6-4-1-7-3-8-4/h1-2H,3H2,(H2,5,6). The van der Waals surface area contributed by atoms with Crippen LogP contribution in [0.4, 0.5) is 0 Å². The van der Waals surface area contributed by atoms with Crippen LogP contribution in [-0.4, -0.2) is 13.1 Å². The second-order valence-electron chi connectivity index (χ2n) is 1.16. The van der Waals surface area contributed by atoms with Gasteiger partial charge in [-0.2, -0.15) is 0 Å². The van der Waals surface area contributed by atoms with Crippen LogP contribution in [0.5, 0.6) is 0 Å². The summed E-state index contributed by atoms with van der Waals surface area (Å²) in [5.41, 5.74) is 4.94. The van der Waals surface area contributed by atoms with Crippen molar-refractivity contribution in [3.63, 3.8) is 0 Å². The fraction of sp³-hybridized carbons (Fsp3) is 0.250. The highest BCUT2D eigenvalue weighted by Crippen LogP contribution is 2.05. The lowest BCUT2D eigenvalue weighted by Crippen LogP contribution is -1.90. The molecule has 1 aliphatic heterocycles. The van der Waals surface area contributed by atoms with E-state index in [1.807, 2.05) is 0 Å². The van der Waals surface area contributed by atoms with E-state index in [-0.39, 0.29) is 6.79 Å². The van der Waals surface area contributed by atoms with Crippen LogP contribution >= 0.6 is 0 Å². The minimum Gasteiger partial charge on any atom is -0.459 e. The summed E-state index contributed by atoms with van der Waals surface area (Å²) < 4.78 is 9.41. The monoisotopic (exact) mass is 114 g/mol. The van der Waals surface area contributed by atoms with Crippen LogP contribution in [0, 0.1) is 0 Å². The SMILES string of the molecule is N/C=N\C1=COCO1. The van der Waals surface area contributed by atoms with E-state index < -0.39 is 0 Å². The predicted octanol–water partition coefficient (Wildman–Crippen LogP) is -0.223. The van der Waals surface area contributed by atoms with E-state index in [2.05, 4.69) is 9.73 Å². The molecule has 44 valence electrons. The normalized spacial score (nSPS) is 17.8. The molecule has 0 spiro atoms. The van der Waals surface area contributed by atoms with Gasteiger partial charge in [0.1, 0.15) is 6.26 Å². The lowest BCUT2D eigenvalue weighted by molar-refractivity contribution is 0.0802. The van der Waals surface area contributed by atoms with Gasteiger partial charge in [0, 0.05) is 0 Å². The molecule has 2 N–H and O–H groups in total. The molecule has 0 saturated heterocycles. The van der Waals surface area contributed by atoms with Crippen LogP contribution in [0.15, 0.2) is 17.1 Å². The van der Waals surface area contributed by atoms with Crippen molar-refractivity contribution in [2.75, 3.05) is 6.79 Å². The van der Waals surface area contributed by atoms with Crippen LogP contribution in [0.1, 0.15) is 0 Å². The van der Waals surface area contributed by atoms with Gasteiger partial charge < -0.3 is 15.2 Å². The first-order chi connectivity index (χ1) is 3.93. The summed E-state index contributed by atoms with van der Waals surface area (Å²) in [7, 11) is 0. The number of ether oxygens (including phenoxy) is 2. The molecule has 1 aliphatic rings. The van der Waals surface area contributed by atoms with Gasteiger partial charge in [-0.15, -0.1) is 0 Å². The zero-order valence-electron chi connectivity index (χ0n) is 4.20. The molecule has 0 atom stereocenters. The Morgan fingerprint density at radius 2 is 2.75 bits per heavy atom. The molecular formula is C4H6N2O2. The quantitative estimate of drug-likeness (QED) is 0.378. The molecule has 1 rings (SSSR count). The Morgan fingerprint density at radius 1 is 1.88 bits per heavy atom. The van der Waals surface area contributed by atoms with Crippen molar-refractivity contribution in [3.05, 3.63) is 12.1 Å². The Kier molecular flexibility index (Phi) is 1.37. The first-order valence-corrected chi connectivity index (χ1v) is 2.12. The summed E-state index contributed by atoms with van der Waals surface area (Å²) in [5, 5.41) is 0. The summed E-state index contributed by atoms with van der Waals surface area (Å²) in [6.45, 7) is 0.243. The van der Waals surface area contributed by atoms with Crippen molar-refractivity contribution in [2.45, 2.75) is 0 Å². The fourth-order valence-electron chi connectivity index (χ4n) is 0.375. The molecule has 0 aromatic carbocycles. The van der Waals surface area contributed by atoms with E-state index in [0.29, 0.717) is 5.88 Å². The Bertz CT molecular complexity index is 130. The average molecular weight is 114 g/mol. The molecule has 1 heterocycles. The Balaban J connectivity index is 2.45. The van der Waals surface area contributed by atoms with Crippen molar-refractivity contribution in [3.8, 4) is 0 Å². The number of nitrogens with two attached hydrogens (primary N) is 1. The fourth-order valence-corrected chi connectivity index (χ4v) is 0.375. The van der Waals surface area contributed by atoms with Gasteiger partial charge >= 0.3 is 0 Å². The van der Waals surface area contributed by atoms with Gasteiger partial charge in [-0.05, 0) is 0 Å². The molecule has 4 nitrogen and oxygen atoms in total. The highest BCUT2D eigenvalue weighted by Gasteiger charge is 2.00. The summed E-state index contributed by atoms with van der Waals surface area (Å²) >= 11 is 0. The van der Waals surface area contributed by atoms with Crippen molar-refractivity contribution < 1.29 is 9.47 Å². The summed E-state index contributed by atoms with van der Waals surface area (Å²) in [6, 6.07) is 0. The van der Waals surface area contributed by atoms with E-state index in [1.165, 1.54) is 6.26 Å². The number of rotatable bonds is 1. The third-order valence-corrected chi connectivity index (χ3v) is 0.661. The molecule has 0 aromatic rings. The number of nitrogens with zero attached hydrogens (tertiary/aromatic N) is 1. The van der Waals surface area contributed by atoms with Gasteiger partial charge in [0.2, 0.25) is 6.79 Å². The highest BCUT2D eigenvalue weighted by atomic mass is 16.7. The zero-order valence-corrected chi connectivity index (χ0v) is 4.20. The molecule has 0 aromatic heterocycles. The molecule has 0 radical (unpaired) electrons. The van der Waals surface area contributed by atoms with Crippen LogP contribution in [0.25, 0.3) is 0 Å². The Morgan fingerprint density at radius 3 is 3.25 bits per heavy atom. The van der Waals surface area contributed by atoms with Crippen molar-refractivity contribution in [1.29, 1.82) is 0 Å². The molecule has 0 amide bonds. The first kappa shape index (κ1) is 4.96. The summed E-state index contributed by atoms with van der Waals surface area (Å²) in [4.78, 5) is 3.59. The number of hydrogen-bond donors (Lipinski definition) is 1. The Hall–Kier alpha value is -1.19. The van der Waals surface area contributed by atoms with Gasteiger partial charge in [0.25, 0.3) is 5.88 Å². The molecule has 0 saturated carbocycles. The predicted molar refractivity (Wildman–Crippen MR) is 27.8 cm³/mol. The molecule has 0 fully saturated rings. The second kappa shape index (κ2) is 2.20. The number of hydrogen-bond acceptors (Lipinski definition) is 3. The third-order valence-electron chi connectivity index (χ3n) is 0.661. The average Bonchev–Trinajstić information content (AvgIpc) is 2.19. The highest BCUT2D eigenvalue weighted by molar-refractivity contribution is 5.52. The van der Waals surface area contributed by atoms with Gasteiger partial charge in [-0.3, -0.25) is 0 Å². The molecule has 0 aliphatic carbocycles. The Labute approximate surface area is 46.6 Å². The van der Waals surface area contributed by atoms with Gasteiger partial charge in [-0.1, -0.05) is 0 Å². The maximum Gasteiger partial charge on any atom is 0.253 e. The molecule has 0 unspecified atom stereocenters. The van der Waals surface area contributed by atoms with E-state index in [9.17, 15) is 0 Å². The maximum absolute atomic E-state index is 4.94. The summed E-state index contributed by atoms with van der Waals surface area (Å²) in [6.07, 6.45) is 2.56. The maximum atomic E-state index is 4.94. The topological polar surface area (TPSA) is 56.8 Å². The molecule has 4 heteroatoms. The molecule has 0 bridgehead atoms. The lowest BCUT2D eigenvalue weighted by atomic mass is 10.9. The molecular weight excluding hydrogens is 108 g/mol.